The molecule has 3 rings (SSSR count). The van der Waals surface area contributed by atoms with Crippen molar-refractivity contribution in [3.05, 3.63) is 64.7 Å². The lowest BCUT2D eigenvalue weighted by molar-refractivity contribution is -0.139. The van der Waals surface area contributed by atoms with Crippen LogP contribution < -0.4 is 4.74 Å². The molecule has 2 aromatic rings. The second-order valence-corrected chi connectivity index (χ2v) is 7.04. The summed E-state index contributed by atoms with van der Waals surface area (Å²) in [6.07, 6.45) is 0.533. The van der Waals surface area contributed by atoms with E-state index in [2.05, 4.69) is 5.10 Å². The van der Waals surface area contributed by atoms with Crippen LogP contribution >= 0.6 is 11.6 Å². The van der Waals surface area contributed by atoms with Crippen LogP contribution in [0.15, 0.2) is 53.6 Å². The zero-order chi connectivity index (χ0) is 20.3. The fourth-order valence-electron chi connectivity index (χ4n) is 3.07. The SMILES string of the molecule is COc1ccc(C2CC(c3ccccc3Cl)=NN2C(=O)CN(C)C(C)=O)cc1. The standard InChI is InChI=1S/C21H22ClN3O3/c1-14(26)24(2)13-21(27)25-20(15-8-10-16(28-3)11-9-15)12-19(23-25)17-6-4-5-7-18(17)22/h4-11,20H,12-13H2,1-3H3. The van der Waals surface area contributed by atoms with Gasteiger partial charge in [0.25, 0.3) is 5.91 Å². The van der Waals surface area contributed by atoms with Gasteiger partial charge in [-0.05, 0) is 23.8 Å². The van der Waals surface area contributed by atoms with Crippen LogP contribution in [0.5, 0.6) is 5.75 Å². The quantitative estimate of drug-likeness (QED) is 0.773. The van der Waals surface area contributed by atoms with Gasteiger partial charge in [-0.25, -0.2) is 5.01 Å². The minimum atomic E-state index is -0.273. The van der Waals surface area contributed by atoms with Crippen LogP contribution in [0.2, 0.25) is 5.02 Å². The minimum Gasteiger partial charge on any atom is -0.497 e. The van der Waals surface area contributed by atoms with Crippen LogP contribution in [0.3, 0.4) is 0 Å². The summed E-state index contributed by atoms with van der Waals surface area (Å²) in [5.41, 5.74) is 2.48. The Labute approximate surface area is 169 Å². The molecule has 0 aromatic heterocycles. The summed E-state index contributed by atoms with van der Waals surface area (Å²) >= 11 is 6.34. The molecule has 0 spiro atoms. The van der Waals surface area contributed by atoms with E-state index in [-0.39, 0.29) is 24.4 Å². The lowest BCUT2D eigenvalue weighted by Crippen LogP contribution is -2.38. The summed E-state index contributed by atoms with van der Waals surface area (Å²) in [4.78, 5) is 25.8. The van der Waals surface area contributed by atoms with E-state index in [0.717, 1.165) is 22.6 Å². The van der Waals surface area contributed by atoms with E-state index < -0.39 is 0 Å². The highest BCUT2D eigenvalue weighted by Gasteiger charge is 2.34. The Morgan fingerprint density at radius 2 is 1.89 bits per heavy atom. The average molecular weight is 400 g/mol. The molecule has 0 aliphatic carbocycles. The number of halogens is 1. The normalized spacial score (nSPS) is 15.9. The van der Waals surface area contributed by atoms with Gasteiger partial charge in [-0.1, -0.05) is 41.9 Å². The summed E-state index contributed by atoms with van der Waals surface area (Å²) in [5, 5.41) is 6.62. The second kappa shape index (κ2) is 8.44. The van der Waals surface area contributed by atoms with Crippen molar-refractivity contribution in [2.45, 2.75) is 19.4 Å². The van der Waals surface area contributed by atoms with Gasteiger partial charge in [-0.3, -0.25) is 9.59 Å². The van der Waals surface area contributed by atoms with Crippen molar-refractivity contribution in [3.8, 4) is 5.75 Å². The van der Waals surface area contributed by atoms with E-state index in [0.29, 0.717) is 11.4 Å². The van der Waals surface area contributed by atoms with Crippen molar-refractivity contribution < 1.29 is 14.3 Å². The van der Waals surface area contributed by atoms with Crippen molar-refractivity contribution >= 4 is 29.1 Å². The maximum absolute atomic E-state index is 12.9. The molecule has 6 nitrogen and oxygen atoms in total. The maximum Gasteiger partial charge on any atom is 0.262 e. The number of hydrogen-bond acceptors (Lipinski definition) is 4. The van der Waals surface area contributed by atoms with Crippen LogP contribution in [0.1, 0.15) is 30.5 Å². The molecule has 1 atom stereocenters. The zero-order valence-corrected chi connectivity index (χ0v) is 16.8. The Kier molecular flexibility index (Phi) is 5.99. The lowest BCUT2D eigenvalue weighted by atomic mass is 9.98. The van der Waals surface area contributed by atoms with E-state index in [1.54, 1.807) is 20.2 Å². The van der Waals surface area contributed by atoms with Gasteiger partial charge in [0.15, 0.2) is 0 Å². The van der Waals surface area contributed by atoms with Gasteiger partial charge in [-0.15, -0.1) is 0 Å². The highest BCUT2D eigenvalue weighted by molar-refractivity contribution is 6.34. The molecule has 0 saturated carbocycles. The zero-order valence-electron chi connectivity index (χ0n) is 16.1. The van der Waals surface area contributed by atoms with E-state index in [1.165, 1.54) is 16.8 Å². The Morgan fingerprint density at radius 1 is 1.21 bits per heavy atom. The summed E-state index contributed by atoms with van der Waals surface area (Å²) in [6.45, 7) is 1.39. The number of amides is 2. The first kappa shape index (κ1) is 19.9. The number of benzene rings is 2. The van der Waals surface area contributed by atoms with Gasteiger partial charge in [0.2, 0.25) is 5.91 Å². The molecule has 0 bridgehead atoms. The maximum atomic E-state index is 12.9. The van der Waals surface area contributed by atoms with Crippen LogP contribution in [-0.4, -0.2) is 48.1 Å². The fourth-order valence-corrected chi connectivity index (χ4v) is 3.32. The van der Waals surface area contributed by atoms with Crippen molar-refractivity contribution in [3.63, 3.8) is 0 Å². The number of nitrogens with zero attached hydrogens (tertiary/aromatic N) is 3. The monoisotopic (exact) mass is 399 g/mol. The van der Waals surface area contributed by atoms with Crippen LogP contribution in [-0.2, 0) is 9.59 Å². The first-order valence-electron chi connectivity index (χ1n) is 8.90. The Hall–Kier alpha value is -2.86. The summed E-state index contributed by atoms with van der Waals surface area (Å²) in [6, 6.07) is 14.7. The fraction of sp³-hybridized carbons (Fsp3) is 0.286. The number of methoxy groups -OCH3 is 1. The summed E-state index contributed by atoms with van der Waals surface area (Å²) in [7, 11) is 3.20. The molecular weight excluding hydrogens is 378 g/mol. The minimum absolute atomic E-state index is 0.0404. The largest absolute Gasteiger partial charge is 0.497 e. The molecule has 2 amide bonds. The second-order valence-electron chi connectivity index (χ2n) is 6.63. The molecule has 1 unspecified atom stereocenters. The smallest absolute Gasteiger partial charge is 0.262 e. The number of hydrazone groups is 1. The number of carbonyl (C=O) groups is 2. The highest BCUT2D eigenvalue weighted by atomic mass is 35.5. The molecule has 0 radical (unpaired) electrons. The Bertz CT molecular complexity index is 911. The molecular formula is C21H22ClN3O3. The molecule has 28 heavy (non-hydrogen) atoms. The number of hydrogen-bond donors (Lipinski definition) is 0. The van der Waals surface area contributed by atoms with E-state index in [9.17, 15) is 9.59 Å². The van der Waals surface area contributed by atoms with Crippen LogP contribution in [0, 0.1) is 0 Å². The summed E-state index contributed by atoms with van der Waals surface area (Å²) < 4.78 is 5.22. The molecule has 2 aromatic carbocycles. The molecule has 0 N–H and O–H groups in total. The third-order valence-corrected chi connectivity index (χ3v) is 5.09. The first-order valence-corrected chi connectivity index (χ1v) is 9.28. The number of ether oxygens (including phenoxy) is 1. The molecule has 7 heteroatoms. The molecule has 1 heterocycles. The average Bonchev–Trinajstić information content (AvgIpc) is 3.13. The van der Waals surface area contributed by atoms with Gasteiger partial charge in [0.05, 0.1) is 18.9 Å². The van der Waals surface area contributed by atoms with Gasteiger partial charge >= 0.3 is 0 Å². The van der Waals surface area contributed by atoms with E-state index in [4.69, 9.17) is 16.3 Å². The van der Waals surface area contributed by atoms with Gasteiger partial charge in [-0.2, -0.15) is 5.10 Å². The van der Waals surface area contributed by atoms with Crippen molar-refractivity contribution in [2.75, 3.05) is 20.7 Å². The van der Waals surface area contributed by atoms with Gasteiger partial charge < -0.3 is 9.64 Å². The number of carbonyl (C=O) groups excluding carboxylic acids is 2. The predicted octanol–water partition coefficient (Wildman–Crippen LogP) is 3.50. The van der Waals surface area contributed by atoms with Gasteiger partial charge in [0.1, 0.15) is 12.3 Å². The van der Waals surface area contributed by atoms with E-state index >= 15 is 0 Å². The van der Waals surface area contributed by atoms with Crippen LogP contribution in [0.4, 0.5) is 0 Å². The van der Waals surface area contributed by atoms with E-state index in [1.807, 2.05) is 42.5 Å². The third-order valence-electron chi connectivity index (χ3n) is 4.76. The van der Waals surface area contributed by atoms with Crippen molar-refractivity contribution in [1.82, 2.24) is 9.91 Å². The molecule has 0 fully saturated rings. The molecule has 1 aliphatic heterocycles. The Balaban J connectivity index is 1.94. The molecule has 0 saturated heterocycles. The number of rotatable bonds is 5. The summed E-state index contributed by atoms with van der Waals surface area (Å²) in [5.74, 6) is 0.313. The van der Waals surface area contributed by atoms with Crippen molar-refractivity contribution in [1.29, 1.82) is 0 Å². The highest BCUT2D eigenvalue weighted by Crippen LogP contribution is 2.35. The van der Waals surface area contributed by atoms with Gasteiger partial charge in [0, 0.05) is 31.0 Å². The van der Waals surface area contributed by atoms with Crippen molar-refractivity contribution in [2.24, 2.45) is 5.10 Å². The van der Waals surface area contributed by atoms with Crippen LogP contribution in [0.25, 0.3) is 0 Å². The lowest BCUT2D eigenvalue weighted by Gasteiger charge is -2.24. The molecule has 1 aliphatic rings. The topological polar surface area (TPSA) is 62.2 Å². The predicted molar refractivity (Wildman–Crippen MR) is 108 cm³/mol. The Morgan fingerprint density at radius 3 is 2.50 bits per heavy atom. The number of likely N-dealkylation sites (N-methyl/N-ethyl adjacent to an activating group) is 1. The molecule has 146 valence electrons. The first-order chi connectivity index (χ1) is 13.4. The third kappa shape index (κ3) is 4.17.